The summed E-state index contributed by atoms with van der Waals surface area (Å²) in [7, 11) is -3.64. The number of carbonyl (C=O) groups is 2. The standard InChI is InChI=1S/C30H35ClFN3O4S/c1-22(2)33-30(37)28(19-23-9-5-4-6-10-23)34(21-24-14-16-26(32)17-15-24)29(36)13-8-18-35(40(3,38)39)27-12-7-11-25(31)20-27/h4-7,9-12,14-17,20,22,28H,8,13,18-19,21H2,1-3H3,(H,33,37)/t28-/m1/s1. The summed E-state index contributed by atoms with van der Waals surface area (Å²) in [5, 5.41) is 3.32. The lowest BCUT2D eigenvalue weighted by atomic mass is 10.0. The maximum Gasteiger partial charge on any atom is 0.243 e. The highest BCUT2D eigenvalue weighted by Crippen LogP contribution is 2.23. The van der Waals surface area contributed by atoms with Crippen molar-refractivity contribution in [1.82, 2.24) is 10.2 Å². The van der Waals surface area contributed by atoms with Crippen LogP contribution in [0.4, 0.5) is 10.1 Å². The number of nitrogens with one attached hydrogen (secondary N) is 1. The average Bonchev–Trinajstić information content (AvgIpc) is 2.89. The monoisotopic (exact) mass is 587 g/mol. The van der Waals surface area contributed by atoms with Gasteiger partial charge in [-0.2, -0.15) is 0 Å². The molecule has 0 saturated heterocycles. The molecule has 3 aromatic carbocycles. The third-order valence-electron chi connectivity index (χ3n) is 6.22. The van der Waals surface area contributed by atoms with E-state index in [1.54, 1.807) is 36.4 Å². The van der Waals surface area contributed by atoms with Gasteiger partial charge in [0.15, 0.2) is 0 Å². The first-order chi connectivity index (χ1) is 18.9. The van der Waals surface area contributed by atoms with E-state index in [2.05, 4.69) is 5.32 Å². The smallest absolute Gasteiger partial charge is 0.243 e. The van der Waals surface area contributed by atoms with Crippen LogP contribution in [-0.4, -0.2) is 50.0 Å². The molecular weight excluding hydrogens is 553 g/mol. The van der Waals surface area contributed by atoms with Crippen LogP contribution in [0.1, 0.15) is 37.8 Å². The number of amides is 2. The minimum Gasteiger partial charge on any atom is -0.352 e. The minimum atomic E-state index is -3.64. The van der Waals surface area contributed by atoms with Crippen LogP contribution in [0.5, 0.6) is 0 Å². The molecule has 0 aliphatic heterocycles. The Labute approximate surface area is 241 Å². The van der Waals surface area contributed by atoms with E-state index in [0.29, 0.717) is 16.3 Å². The second kappa shape index (κ2) is 14.3. The molecule has 10 heteroatoms. The lowest BCUT2D eigenvalue weighted by Gasteiger charge is -2.32. The van der Waals surface area contributed by atoms with Crippen molar-refractivity contribution in [2.24, 2.45) is 0 Å². The zero-order chi connectivity index (χ0) is 29.3. The molecule has 0 saturated carbocycles. The molecule has 0 aliphatic rings. The molecule has 0 radical (unpaired) electrons. The molecule has 40 heavy (non-hydrogen) atoms. The molecule has 0 aliphatic carbocycles. The van der Waals surface area contributed by atoms with Crippen LogP contribution < -0.4 is 9.62 Å². The first-order valence-electron chi connectivity index (χ1n) is 13.1. The van der Waals surface area contributed by atoms with Crippen LogP contribution in [0, 0.1) is 5.82 Å². The lowest BCUT2D eigenvalue weighted by Crippen LogP contribution is -2.51. The molecule has 0 spiro atoms. The number of anilines is 1. The summed E-state index contributed by atoms with van der Waals surface area (Å²) in [4.78, 5) is 28.7. The van der Waals surface area contributed by atoms with Gasteiger partial charge in [0.25, 0.3) is 0 Å². The molecule has 3 aromatic rings. The Kier molecular flexibility index (Phi) is 11.1. The molecule has 0 fully saturated rings. The number of hydrogen-bond donors (Lipinski definition) is 1. The Balaban J connectivity index is 1.87. The third kappa shape index (κ3) is 9.34. The quantitative estimate of drug-likeness (QED) is 0.298. The van der Waals surface area contributed by atoms with Gasteiger partial charge in [-0.3, -0.25) is 13.9 Å². The summed E-state index contributed by atoms with van der Waals surface area (Å²) >= 11 is 6.08. The Morgan fingerprint density at radius 3 is 2.23 bits per heavy atom. The van der Waals surface area contributed by atoms with E-state index in [1.807, 2.05) is 44.2 Å². The van der Waals surface area contributed by atoms with Crippen molar-refractivity contribution in [3.8, 4) is 0 Å². The van der Waals surface area contributed by atoms with Crippen molar-refractivity contribution in [1.29, 1.82) is 0 Å². The van der Waals surface area contributed by atoms with Crippen molar-refractivity contribution < 1.29 is 22.4 Å². The Hall–Kier alpha value is -3.43. The van der Waals surface area contributed by atoms with E-state index < -0.39 is 21.9 Å². The maximum atomic E-state index is 13.7. The van der Waals surface area contributed by atoms with Crippen molar-refractivity contribution in [3.63, 3.8) is 0 Å². The van der Waals surface area contributed by atoms with Crippen LogP contribution in [-0.2, 0) is 32.6 Å². The molecule has 7 nitrogen and oxygen atoms in total. The number of rotatable bonds is 13. The van der Waals surface area contributed by atoms with Gasteiger partial charge in [0.1, 0.15) is 11.9 Å². The third-order valence-corrected chi connectivity index (χ3v) is 7.65. The summed E-state index contributed by atoms with van der Waals surface area (Å²) in [5.74, 6) is -1.02. The first kappa shape index (κ1) is 31.1. The predicted molar refractivity (Wildman–Crippen MR) is 157 cm³/mol. The van der Waals surface area contributed by atoms with E-state index in [-0.39, 0.29) is 50.2 Å². The van der Waals surface area contributed by atoms with Crippen LogP contribution in [0.3, 0.4) is 0 Å². The van der Waals surface area contributed by atoms with Crippen LogP contribution in [0.2, 0.25) is 5.02 Å². The highest BCUT2D eigenvalue weighted by molar-refractivity contribution is 7.92. The van der Waals surface area contributed by atoms with Gasteiger partial charge in [-0.05, 0) is 61.7 Å². The van der Waals surface area contributed by atoms with Gasteiger partial charge in [0.05, 0.1) is 11.9 Å². The zero-order valence-corrected chi connectivity index (χ0v) is 24.5. The molecule has 0 heterocycles. The fourth-order valence-corrected chi connectivity index (χ4v) is 5.50. The van der Waals surface area contributed by atoms with Gasteiger partial charge in [0.2, 0.25) is 21.8 Å². The van der Waals surface area contributed by atoms with Gasteiger partial charge in [-0.1, -0.05) is 60.1 Å². The van der Waals surface area contributed by atoms with Gasteiger partial charge in [-0.25, -0.2) is 12.8 Å². The van der Waals surface area contributed by atoms with E-state index in [9.17, 15) is 22.4 Å². The number of hydrogen-bond acceptors (Lipinski definition) is 4. The fourth-order valence-electron chi connectivity index (χ4n) is 4.36. The van der Waals surface area contributed by atoms with Gasteiger partial charge >= 0.3 is 0 Å². The van der Waals surface area contributed by atoms with Crippen LogP contribution >= 0.6 is 11.6 Å². The van der Waals surface area contributed by atoms with Gasteiger partial charge < -0.3 is 10.2 Å². The van der Waals surface area contributed by atoms with Gasteiger partial charge in [0, 0.05) is 37.0 Å². The number of nitrogens with zero attached hydrogens (tertiary/aromatic N) is 2. The summed E-state index contributed by atoms with van der Waals surface area (Å²) in [6.45, 7) is 3.83. The summed E-state index contributed by atoms with van der Waals surface area (Å²) < 4.78 is 39.9. The molecular formula is C30H35ClFN3O4S. The number of carbonyl (C=O) groups excluding carboxylic acids is 2. The fraction of sp³-hybridized carbons (Fsp3) is 0.333. The Morgan fingerprint density at radius 1 is 0.950 bits per heavy atom. The molecule has 3 rings (SSSR count). The Morgan fingerprint density at radius 2 is 1.62 bits per heavy atom. The number of halogens is 2. The highest BCUT2D eigenvalue weighted by Gasteiger charge is 2.31. The van der Waals surface area contributed by atoms with Crippen LogP contribution in [0.25, 0.3) is 0 Å². The number of benzene rings is 3. The van der Waals surface area contributed by atoms with E-state index in [4.69, 9.17) is 11.6 Å². The highest BCUT2D eigenvalue weighted by atomic mass is 35.5. The van der Waals surface area contributed by atoms with Crippen molar-refractivity contribution >= 4 is 39.1 Å². The van der Waals surface area contributed by atoms with Crippen molar-refractivity contribution in [2.45, 2.75) is 51.7 Å². The lowest BCUT2D eigenvalue weighted by molar-refractivity contribution is -0.141. The Bertz CT molecular complexity index is 1390. The van der Waals surface area contributed by atoms with Crippen molar-refractivity contribution in [2.75, 3.05) is 17.1 Å². The molecule has 0 unspecified atom stereocenters. The molecule has 0 bridgehead atoms. The summed E-state index contributed by atoms with van der Waals surface area (Å²) in [6.07, 6.45) is 1.59. The van der Waals surface area contributed by atoms with Crippen LogP contribution in [0.15, 0.2) is 78.9 Å². The maximum absolute atomic E-state index is 13.7. The van der Waals surface area contributed by atoms with Crippen molar-refractivity contribution in [3.05, 3.63) is 101 Å². The molecule has 214 valence electrons. The second-order valence-corrected chi connectivity index (χ2v) is 12.3. The normalized spacial score (nSPS) is 12.2. The second-order valence-electron chi connectivity index (χ2n) is 9.94. The largest absolute Gasteiger partial charge is 0.352 e. The van der Waals surface area contributed by atoms with Gasteiger partial charge in [-0.15, -0.1) is 0 Å². The van der Waals surface area contributed by atoms with E-state index in [0.717, 1.165) is 11.8 Å². The SMILES string of the molecule is CC(C)NC(=O)[C@@H](Cc1ccccc1)N(Cc1ccc(F)cc1)C(=O)CCCN(c1cccc(Cl)c1)S(C)(=O)=O. The molecule has 1 N–H and O–H groups in total. The molecule has 1 atom stereocenters. The zero-order valence-electron chi connectivity index (χ0n) is 22.9. The predicted octanol–water partition coefficient (Wildman–Crippen LogP) is 5.19. The van der Waals surface area contributed by atoms with E-state index >= 15 is 0 Å². The summed E-state index contributed by atoms with van der Waals surface area (Å²) in [6, 6.07) is 20.7. The molecule has 2 amide bonds. The first-order valence-corrected chi connectivity index (χ1v) is 15.3. The average molecular weight is 588 g/mol. The molecule has 0 aromatic heterocycles. The number of sulfonamides is 1. The topological polar surface area (TPSA) is 86.8 Å². The minimum absolute atomic E-state index is 0.00592. The summed E-state index contributed by atoms with van der Waals surface area (Å²) in [5.41, 5.74) is 1.96. The van der Waals surface area contributed by atoms with E-state index in [1.165, 1.54) is 21.3 Å².